The number of carbonyl (C=O) groups is 1. The first-order chi connectivity index (χ1) is 12.2. The summed E-state index contributed by atoms with van der Waals surface area (Å²) >= 11 is 6.26. The summed E-state index contributed by atoms with van der Waals surface area (Å²) in [7, 11) is 3.81. The third-order valence-corrected chi connectivity index (χ3v) is 4.54. The van der Waals surface area contributed by atoms with Crippen molar-refractivity contribution in [3.8, 4) is 0 Å². The predicted molar refractivity (Wildman–Crippen MR) is 99.2 cm³/mol. The molecule has 9 heteroatoms. The summed E-state index contributed by atoms with van der Waals surface area (Å²) in [4.78, 5) is 24.8. The highest BCUT2D eigenvalue weighted by Crippen LogP contribution is 2.25. The lowest BCUT2D eigenvalue weighted by Crippen LogP contribution is -2.36. The number of halogens is 1. The van der Waals surface area contributed by atoms with Gasteiger partial charge in [0.15, 0.2) is 0 Å². The van der Waals surface area contributed by atoms with Gasteiger partial charge >= 0.3 is 5.69 Å². The Morgan fingerprint density at radius 3 is 2.58 bits per heavy atom. The van der Waals surface area contributed by atoms with E-state index in [0.29, 0.717) is 23.0 Å². The first-order valence-corrected chi connectivity index (χ1v) is 8.46. The van der Waals surface area contributed by atoms with Crippen LogP contribution < -0.4 is 5.32 Å². The number of rotatable bonds is 7. The normalized spacial score (nSPS) is 12.2. The number of carbonyl (C=O) groups excluding carboxylic acids is 1. The topological polar surface area (TPSA) is 93.3 Å². The molecule has 0 aliphatic rings. The van der Waals surface area contributed by atoms with Crippen molar-refractivity contribution in [3.63, 3.8) is 0 Å². The second-order valence-corrected chi connectivity index (χ2v) is 6.65. The minimum atomic E-state index is -0.481. The molecule has 0 aliphatic carbocycles. The highest BCUT2D eigenvalue weighted by atomic mass is 35.5. The first kappa shape index (κ1) is 19.9. The molecule has 1 atom stereocenters. The van der Waals surface area contributed by atoms with Crippen molar-refractivity contribution in [2.45, 2.75) is 26.4 Å². The Morgan fingerprint density at radius 1 is 1.38 bits per heavy atom. The van der Waals surface area contributed by atoms with E-state index in [1.54, 1.807) is 13.8 Å². The average Bonchev–Trinajstić information content (AvgIpc) is 2.82. The number of nitrogens with one attached hydrogen (secondary N) is 1. The van der Waals surface area contributed by atoms with Gasteiger partial charge in [0.25, 0.3) is 0 Å². The summed E-state index contributed by atoms with van der Waals surface area (Å²) in [5.74, 6) is -0.274. The van der Waals surface area contributed by atoms with Gasteiger partial charge in [-0.1, -0.05) is 29.8 Å². The van der Waals surface area contributed by atoms with E-state index in [9.17, 15) is 14.9 Å². The van der Waals surface area contributed by atoms with Gasteiger partial charge in [-0.05, 0) is 39.6 Å². The number of amides is 1. The van der Waals surface area contributed by atoms with Crippen LogP contribution in [-0.4, -0.2) is 46.2 Å². The Bertz CT molecular complexity index is 819. The maximum atomic E-state index is 12.3. The minimum Gasteiger partial charge on any atom is -0.353 e. The molecule has 0 radical (unpaired) electrons. The van der Waals surface area contributed by atoms with Crippen LogP contribution in [0.15, 0.2) is 24.3 Å². The molecule has 140 valence electrons. The smallest absolute Gasteiger partial charge is 0.312 e. The van der Waals surface area contributed by atoms with Crippen molar-refractivity contribution in [3.05, 3.63) is 56.4 Å². The molecule has 0 aliphatic heterocycles. The van der Waals surface area contributed by atoms with Crippen LogP contribution in [0.5, 0.6) is 0 Å². The summed E-state index contributed by atoms with van der Waals surface area (Å²) in [5.41, 5.74) is 1.52. The number of nitro groups is 1. The molecule has 0 saturated heterocycles. The maximum Gasteiger partial charge on any atom is 0.312 e. The van der Waals surface area contributed by atoms with E-state index >= 15 is 0 Å². The van der Waals surface area contributed by atoms with Crippen molar-refractivity contribution in [1.82, 2.24) is 20.0 Å². The van der Waals surface area contributed by atoms with Crippen molar-refractivity contribution >= 4 is 23.2 Å². The Hall–Kier alpha value is -2.45. The van der Waals surface area contributed by atoms with Gasteiger partial charge in [0, 0.05) is 11.6 Å². The van der Waals surface area contributed by atoms with Crippen molar-refractivity contribution < 1.29 is 9.72 Å². The molecule has 1 unspecified atom stereocenters. The van der Waals surface area contributed by atoms with Crippen LogP contribution in [0.1, 0.15) is 23.0 Å². The summed E-state index contributed by atoms with van der Waals surface area (Å²) in [6, 6.07) is 7.39. The molecule has 1 aromatic carbocycles. The highest BCUT2D eigenvalue weighted by molar-refractivity contribution is 6.31. The number of benzene rings is 1. The van der Waals surface area contributed by atoms with E-state index in [-0.39, 0.29) is 24.2 Å². The Morgan fingerprint density at radius 2 is 2.04 bits per heavy atom. The number of likely N-dealkylation sites (N-methyl/N-ethyl adjacent to an activating group) is 1. The van der Waals surface area contributed by atoms with Crippen molar-refractivity contribution in [1.29, 1.82) is 0 Å². The fourth-order valence-electron chi connectivity index (χ4n) is 2.82. The quantitative estimate of drug-likeness (QED) is 0.589. The first-order valence-electron chi connectivity index (χ1n) is 8.08. The standard InChI is InChI=1S/C17H22ClN5O3/c1-11-17(23(25)26)12(2)22(20-11)10-16(24)19-9-15(21(3)4)13-7-5-6-8-14(13)18/h5-8,15H,9-10H2,1-4H3,(H,19,24). The van der Waals surface area contributed by atoms with Gasteiger partial charge in [-0.3, -0.25) is 19.6 Å². The summed E-state index contributed by atoms with van der Waals surface area (Å²) in [6.07, 6.45) is 0. The van der Waals surface area contributed by atoms with Crippen LogP contribution in [-0.2, 0) is 11.3 Å². The van der Waals surface area contributed by atoms with Crippen LogP contribution in [0.3, 0.4) is 0 Å². The third-order valence-electron chi connectivity index (χ3n) is 4.20. The molecule has 1 N–H and O–H groups in total. The lowest BCUT2D eigenvalue weighted by Gasteiger charge is -2.26. The molecule has 0 bridgehead atoms. The molecule has 8 nitrogen and oxygen atoms in total. The van der Waals surface area contributed by atoms with E-state index in [2.05, 4.69) is 10.4 Å². The molecule has 0 spiro atoms. The number of aromatic nitrogens is 2. The largest absolute Gasteiger partial charge is 0.353 e. The summed E-state index contributed by atoms with van der Waals surface area (Å²) < 4.78 is 1.35. The molecule has 26 heavy (non-hydrogen) atoms. The third kappa shape index (κ3) is 4.39. The summed E-state index contributed by atoms with van der Waals surface area (Å²) in [6.45, 7) is 3.41. The number of aryl methyl sites for hydroxylation is 1. The van der Waals surface area contributed by atoms with Gasteiger partial charge in [-0.2, -0.15) is 5.10 Å². The average molecular weight is 380 g/mol. The van der Waals surface area contributed by atoms with E-state index in [0.717, 1.165) is 5.56 Å². The molecule has 1 heterocycles. The highest BCUT2D eigenvalue weighted by Gasteiger charge is 2.23. The Kier molecular flexibility index (Phi) is 6.33. The fourth-order valence-corrected chi connectivity index (χ4v) is 3.09. The van der Waals surface area contributed by atoms with Gasteiger partial charge < -0.3 is 10.2 Å². The van der Waals surface area contributed by atoms with E-state index < -0.39 is 4.92 Å². The van der Waals surface area contributed by atoms with Gasteiger partial charge in [-0.15, -0.1) is 0 Å². The lowest BCUT2D eigenvalue weighted by molar-refractivity contribution is -0.386. The molecule has 1 amide bonds. The minimum absolute atomic E-state index is 0.0555. The predicted octanol–water partition coefficient (Wildman–Crippen LogP) is 2.48. The van der Waals surface area contributed by atoms with Gasteiger partial charge in [-0.25, -0.2) is 0 Å². The zero-order chi connectivity index (χ0) is 19.4. The molecule has 1 aromatic heterocycles. The zero-order valence-corrected chi connectivity index (χ0v) is 15.9. The number of hydrogen-bond donors (Lipinski definition) is 1. The molecule has 2 aromatic rings. The van der Waals surface area contributed by atoms with Crippen molar-refractivity contribution in [2.24, 2.45) is 0 Å². The molecule has 2 rings (SSSR count). The number of nitrogens with zero attached hydrogens (tertiary/aromatic N) is 4. The van der Waals surface area contributed by atoms with E-state index in [1.807, 2.05) is 43.3 Å². The molecule has 0 fully saturated rings. The lowest BCUT2D eigenvalue weighted by atomic mass is 10.1. The van der Waals surface area contributed by atoms with E-state index in [4.69, 9.17) is 11.6 Å². The second-order valence-electron chi connectivity index (χ2n) is 6.24. The Balaban J connectivity index is 2.07. The van der Waals surface area contributed by atoms with Gasteiger partial charge in [0.1, 0.15) is 17.9 Å². The van der Waals surface area contributed by atoms with Crippen molar-refractivity contribution in [2.75, 3.05) is 20.6 Å². The SMILES string of the molecule is Cc1nn(CC(=O)NCC(c2ccccc2Cl)N(C)C)c(C)c1[N+](=O)[O-]. The monoisotopic (exact) mass is 379 g/mol. The van der Waals surface area contributed by atoms with Gasteiger partial charge in [0.2, 0.25) is 5.91 Å². The fraction of sp³-hybridized carbons (Fsp3) is 0.412. The van der Waals surface area contributed by atoms with Crippen LogP contribution in [0.25, 0.3) is 0 Å². The molecular formula is C17H22ClN5O3. The van der Waals surface area contributed by atoms with Gasteiger partial charge in [0.05, 0.1) is 11.0 Å². The van der Waals surface area contributed by atoms with Crippen LogP contribution in [0, 0.1) is 24.0 Å². The molecule has 0 saturated carbocycles. The van der Waals surface area contributed by atoms with E-state index in [1.165, 1.54) is 4.68 Å². The van der Waals surface area contributed by atoms with Crippen LogP contribution in [0.4, 0.5) is 5.69 Å². The Labute approximate surface area is 156 Å². The number of hydrogen-bond acceptors (Lipinski definition) is 5. The summed E-state index contributed by atoms with van der Waals surface area (Å²) in [5, 5.41) is 18.6. The van der Waals surface area contributed by atoms with Crippen LogP contribution in [0.2, 0.25) is 5.02 Å². The maximum absolute atomic E-state index is 12.3. The van der Waals surface area contributed by atoms with Crippen LogP contribution >= 0.6 is 11.6 Å². The zero-order valence-electron chi connectivity index (χ0n) is 15.2. The molecular weight excluding hydrogens is 358 g/mol. The second kappa shape index (κ2) is 8.29.